The van der Waals surface area contributed by atoms with Crippen molar-refractivity contribution in [3.8, 4) is 28.6 Å². The van der Waals surface area contributed by atoms with Crippen molar-refractivity contribution in [2.24, 2.45) is 0 Å². The minimum atomic E-state index is -0.494. The molecule has 0 amide bonds. The summed E-state index contributed by atoms with van der Waals surface area (Å²) in [5.41, 5.74) is 1.01. The van der Waals surface area contributed by atoms with E-state index < -0.39 is 11.2 Å². The maximum Gasteiger partial charge on any atom is 0.235 e. The van der Waals surface area contributed by atoms with Gasteiger partial charge in [-0.2, -0.15) is 0 Å². The zero-order valence-electron chi connectivity index (χ0n) is 12.2. The van der Waals surface area contributed by atoms with Crippen molar-refractivity contribution in [3.05, 3.63) is 52.9 Å². The number of aromatic hydroxyl groups is 1. The second-order valence-corrected chi connectivity index (χ2v) is 5.45. The maximum absolute atomic E-state index is 12.5. The van der Waals surface area contributed by atoms with Crippen LogP contribution in [-0.2, 0) is 0 Å². The quantitative estimate of drug-likeness (QED) is 0.576. The van der Waals surface area contributed by atoms with E-state index in [2.05, 4.69) is 0 Å². The smallest absolute Gasteiger partial charge is 0.235 e. The topological polar surface area (TPSA) is 82.0 Å². The lowest BCUT2D eigenvalue weighted by molar-refractivity contribution is 0.174. The third-order valence-corrected chi connectivity index (χ3v) is 4.10. The first-order valence-electron chi connectivity index (χ1n) is 7.28. The molecule has 6 nitrogen and oxygen atoms in total. The van der Waals surface area contributed by atoms with E-state index in [1.165, 1.54) is 6.26 Å². The highest BCUT2D eigenvalue weighted by Gasteiger charge is 2.20. The number of ether oxygens (including phenoxy) is 2. The second kappa shape index (κ2) is 4.55. The zero-order valence-corrected chi connectivity index (χ0v) is 12.2. The molecule has 0 spiro atoms. The molecule has 118 valence electrons. The van der Waals surface area contributed by atoms with Crippen LogP contribution in [0.2, 0.25) is 0 Å². The standard InChI is InChI=1S/C18H10O6/c19-15-11-2-4-12-10(5-6-21-12)18(11)24-17(16(15)20)9-1-3-13-14(7-9)23-8-22-13/h1-7,20H,8H2. The largest absolute Gasteiger partial charge is 0.502 e. The van der Waals surface area contributed by atoms with Crippen LogP contribution < -0.4 is 14.9 Å². The number of hydrogen-bond donors (Lipinski definition) is 1. The highest BCUT2D eigenvalue weighted by atomic mass is 16.7. The van der Waals surface area contributed by atoms with Gasteiger partial charge in [-0.3, -0.25) is 4.79 Å². The van der Waals surface area contributed by atoms with Crippen LogP contribution in [0.3, 0.4) is 0 Å². The Bertz CT molecular complexity index is 1170. The fraction of sp³-hybridized carbons (Fsp3) is 0.0556. The Morgan fingerprint density at radius 3 is 2.75 bits per heavy atom. The van der Waals surface area contributed by atoms with Gasteiger partial charge in [0.1, 0.15) is 11.2 Å². The summed E-state index contributed by atoms with van der Waals surface area (Å²) in [5, 5.41) is 11.3. The van der Waals surface area contributed by atoms with Crippen LogP contribution in [0.15, 0.2) is 56.3 Å². The average Bonchev–Trinajstić information content (AvgIpc) is 3.25. The summed E-state index contributed by atoms with van der Waals surface area (Å²) in [6, 6.07) is 10.1. The number of hydrogen-bond acceptors (Lipinski definition) is 6. The van der Waals surface area contributed by atoms with Gasteiger partial charge in [0.2, 0.25) is 18.0 Å². The van der Waals surface area contributed by atoms with E-state index >= 15 is 0 Å². The minimum Gasteiger partial charge on any atom is -0.502 e. The van der Waals surface area contributed by atoms with Crippen LogP contribution in [0.4, 0.5) is 0 Å². The normalized spacial score (nSPS) is 13.0. The van der Waals surface area contributed by atoms with Crippen LogP contribution in [0.1, 0.15) is 0 Å². The van der Waals surface area contributed by atoms with Gasteiger partial charge < -0.3 is 23.4 Å². The van der Waals surface area contributed by atoms with Gasteiger partial charge in [0.05, 0.1) is 17.0 Å². The van der Waals surface area contributed by atoms with Gasteiger partial charge in [-0.25, -0.2) is 0 Å². The van der Waals surface area contributed by atoms with Crippen molar-refractivity contribution in [1.29, 1.82) is 0 Å². The molecule has 0 saturated carbocycles. The van der Waals surface area contributed by atoms with Crippen LogP contribution in [0.25, 0.3) is 33.3 Å². The SMILES string of the molecule is O=c1c(O)c(-c2ccc3c(c2)OCO3)oc2c1ccc1occc12. The van der Waals surface area contributed by atoms with Gasteiger partial charge in [-0.1, -0.05) is 0 Å². The van der Waals surface area contributed by atoms with E-state index in [0.717, 1.165) is 0 Å². The number of benzene rings is 2. The first-order chi connectivity index (χ1) is 11.7. The Morgan fingerprint density at radius 2 is 1.83 bits per heavy atom. The van der Waals surface area contributed by atoms with Gasteiger partial charge >= 0.3 is 0 Å². The number of fused-ring (bicyclic) bond motifs is 4. The van der Waals surface area contributed by atoms with Gasteiger partial charge in [0.15, 0.2) is 17.3 Å². The molecule has 24 heavy (non-hydrogen) atoms. The van der Waals surface area contributed by atoms with Gasteiger partial charge in [0, 0.05) is 5.56 Å². The van der Waals surface area contributed by atoms with Crippen molar-refractivity contribution in [3.63, 3.8) is 0 Å². The van der Waals surface area contributed by atoms with Gasteiger partial charge in [-0.15, -0.1) is 0 Å². The molecule has 5 rings (SSSR count). The molecule has 4 aromatic rings. The molecular weight excluding hydrogens is 312 g/mol. The van der Waals surface area contributed by atoms with Crippen LogP contribution in [0.5, 0.6) is 17.2 Å². The highest BCUT2D eigenvalue weighted by molar-refractivity contribution is 6.02. The summed E-state index contributed by atoms with van der Waals surface area (Å²) in [6.07, 6.45) is 1.53. The lowest BCUT2D eigenvalue weighted by atomic mass is 10.1. The molecule has 0 bridgehead atoms. The Labute approximate surface area is 134 Å². The molecule has 0 saturated heterocycles. The molecular formula is C18H10O6. The maximum atomic E-state index is 12.5. The van der Waals surface area contributed by atoms with E-state index in [0.29, 0.717) is 39.0 Å². The van der Waals surface area contributed by atoms with Crippen molar-refractivity contribution in [2.75, 3.05) is 6.79 Å². The molecule has 0 fully saturated rings. The minimum absolute atomic E-state index is 0.0829. The Kier molecular flexibility index (Phi) is 2.48. The predicted molar refractivity (Wildman–Crippen MR) is 85.5 cm³/mol. The van der Waals surface area contributed by atoms with Crippen LogP contribution in [0, 0.1) is 0 Å². The van der Waals surface area contributed by atoms with E-state index in [1.54, 1.807) is 36.4 Å². The first-order valence-corrected chi connectivity index (χ1v) is 7.28. The van der Waals surface area contributed by atoms with E-state index in [4.69, 9.17) is 18.3 Å². The lowest BCUT2D eigenvalue weighted by Crippen LogP contribution is -2.02. The number of furan rings is 1. The molecule has 0 unspecified atom stereocenters. The van der Waals surface area contributed by atoms with Crippen LogP contribution >= 0.6 is 0 Å². The fourth-order valence-electron chi connectivity index (χ4n) is 2.92. The third kappa shape index (κ3) is 1.68. The van der Waals surface area contributed by atoms with Crippen LogP contribution in [-0.4, -0.2) is 11.9 Å². The van der Waals surface area contributed by atoms with Crippen molar-refractivity contribution in [2.45, 2.75) is 0 Å². The Morgan fingerprint density at radius 1 is 0.958 bits per heavy atom. The van der Waals surface area contributed by atoms with Crippen molar-refractivity contribution >= 4 is 21.9 Å². The monoisotopic (exact) mass is 322 g/mol. The molecule has 3 heterocycles. The van der Waals surface area contributed by atoms with Crippen molar-refractivity contribution < 1.29 is 23.4 Å². The molecule has 0 atom stereocenters. The van der Waals surface area contributed by atoms with E-state index in [9.17, 15) is 9.90 Å². The zero-order chi connectivity index (χ0) is 16.3. The molecule has 0 radical (unpaired) electrons. The van der Waals surface area contributed by atoms with Crippen molar-refractivity contribution in [1.82, 2.24) is 0 Å². The summed E-state index contributed by atoms with van der Waals surface area (Å²) >= 11 is 0. The van der Waals surface area contributed by atoms with Gasteiger partial charge in [-0.05, 0) is 36.4 Å². The summed E-state index contributed by atoms with van der Waals surface area (Å²) in [7, 11) is 0. The third-order valence-electron chi connectivity index (χ3n) is 4.10. The predicted octanol–water partition coefficient (Wildman–Crippen LogP) is 3.64. The average molecular weight is 322 g/mol. The Balaban J connectivity index is 1.85. The second-order valence-electron chi connectivity index (χ2n) is 5.45. The van der Waals surface area contributed by atoms with E-state index in [1.807, 2.05) is 0 Å². The highest BCUT2D eigenvalue weighted by Crippen LogP contribution is 2.39. The lowest BCUT2D eigenvalue weighted by Gasteiger charge is -2.07. The summed E-state index contributed by atoms with van der Waals surface area (Å²) in [4.78, 5) is 12.5. The molecule has 1 aliphatic rings. The summed E-state index contributed by atoms with van der Waals surface area (Å²) in [6.45, 7) is 0.141. The first kappa shape index (κ1) is 13.1. The van der Waals surface area contributed by atoms with E-state index in [-0.39, 0.29) is 12.6 Å². The summed E-state index contributed by atoms with van der Waals surface area (Å²) in [5.74, 6) is 0.790. The molecule has 6 heteroatoms. The Hall–Kier alpha value is -3.41. The molecule has 2 aromatic carbocycles. The molecule has 1 aliphatic heterocycles. The molecule has 1 N–H and O–H groups in total. The molecule has 0 aliphatic carbocycles. The summed E-state index contributed by atoms with van der Waals surface area (Å²) < 4.78 is 21.8. The molecule has 2 aromatic heterocycles. The fourth-order valence-corrected chi connectivity index (χ4v) is 2.92. The van der Waals surface area contributed by atoms with Gasteiger partial charge in [0.25, 0.3) is 0 Å². The number of rotatable bonds is 1.